The summed E-state index contributed by atoms with van der Waals surface area (Å²) in [7, 11) is 3.42. The molecular weight excluding hydrogens is 479 g/mol. The van der Waals surface area contributed by atoms with Crippen LogP contribution in [0.3, 0.4) is 0 Å². The molecule has 7 heteroatoms. The van der Waals surface area contributed by atoms with Crippen LogP contribution < -0.4 is 20.7 Å². The van der Waals surface area contributed by atoms with E-state index in [1.54, 1.807) is 14.2 Å². The molecule has 0 spiro atoms. The predicted molar refractivity (Wildman–Crippen MR) is 130 cm³/mol. The molecule has 3 N–H and O–H groups in total. The SMILES string of the molecule is CCCC(=O)Nc1cccc(CNC(=NC)NCc2ccc(C)cc2OC)c1.I. The highest BCUT2D eigenvalue weighted by atomic mass is 127. The molecule has 0 aliphatic rings. The summed E-state index contributed by atoms with van der Waals surface area (Å²) >= 11 is 0. The van der Waals surface area contributed by atoms with Gasteiger partial charge in [0, 0.05) is 37.8 Å². The average Bonchev–Trinajstić information content (AvgIpc) is 2.69. The van der Waals surface area contributed by atoms with Crippen molar-refractivity contribution in [2.75, 3.05) is 19.5 Å². The topological polar surface area (TPSA) is 74.8 Å². The molecule has 1 amide bonds. The van der Waals surface area contributed by atoms with Crippen LogP contribution in [-0.2, 0) is 17.9 Å². The maximum absolute atomic E-state index is 11.8. The van der Waals surface area contributed by atoms with Crippen molar-refractivity contribution < 1.29 is 9.53 Å². The first-order chi connectivity index (χ1) is 13.5. The summed E-state index contributed by atoms with van der Waals surface area (Å²) in [6, 6.07) is 14.0. The normalized spacial score (nSPS) is 10.7. The van der Waals surface area contributed by atoms with Crippen molar-refractivity contribution in [3.63, 3.8) is 0 Å². The van der Waals surface area contributed by atoms with Gasteiger partial charge in [0.1, 0.15) is 5.75 Å². The number of hydrogen-bond donors (Lipinski definition) is 3. The molecule has 29 heavy (non-hydrogen) atoms. The monoisotopic (exact) mass is 510 g/mol. The first-order valence-electron chi connectivity index (χ1n) is 9.52. The number of aryl methyl sites for hydroxylation is 1. The van der Waals surface area contributed by atoms with Gasteiger partial charge in [0.15, 0.2) is 5.96 Å². The van der Waals surface area contributed by atoms with Crippen molar-refractivity contribution in [3.8, 4) is 5.75 Å². The molecule has 0 aromatic heterocycles. The number of ether oxygens (including phenoxy) is 1. The molecular formula is C22H31IN4O2. The van der Waals surface area contributed by atoms with Gasteiger partial charge in [-0.3, -0.25) is 9.79 Å². The third-order valence-electron chi connectivity index (χ3n) is 4.26. The van der Waals surface area contributed by atoms with Gasteiger partial charge in [-0.15, -0.1) is 24.0 Å². The second-order valence-corrected chi connectivity index (χ2v) is 6.59. The number of guanidine groups is 1. The standard InChI is InChI=1S/C22H30N4O2.HI/c1-5-7-21(27)26-19-9-6-8-17(13-19)14-24-22(23-3)25-15-18-11-10-16(2)12-20(18)28-4;/h6,8-13H,5,7,14-15H2,1-4H3,(H,26,27)(H2,23,24,25);1H. The van der Waals surface area contributed by atoms with Crippen molar-refractivity contribution >= 4 is 41.5 Å². The van der Waals surface area contributed by atoms with E-state index in [4.69, 9.17) is 4.74 Å². The van der Waals surface area contributed by atoms with Crippen LogP contribution in [0.5, 0.6) is 5.75 Å². The van der Waals surface area contributed by atoms with Crippen LogP contribution in [0.4, 0.5) is 5.69 Å². The fourth-order valence-electron chi connectivity index (χ4n) is 2.79. The third-order valence-corrected chi connectivity index (χ3v) is 4.26. The zero-order chi connectivity index (χ0) is 20.4. The maximum Gasteiger partial charge on any atom is 0.224 e. The number of benzene rings is 2. The fraction of sp³-hybridized carbons (Fsp3) is 0.364. The Labute approximate surface area is 190 Å². The molecule has 2 aromatic carbocycles. The van der Waals surface area contributed by atoms with E-state index in [0.717, 1.165) is 34.5 Å². The van der Waals surface area contributed by atoms with Gasteiger partial charge in [-0.2, -0.15) is 0 Å². The summed E-state index contributed by atoms with van der Waals surface area (Å²) in [5, 5.41) is 9.52. The van der Waals surface area contributed by atoms with Crippen LogP contribution in [-0.4, -0.2) is 26.0 Å². The van der Waals surface area contributed by atoms with Crippen LogP contribution in [0.15, 0.2) is 47.5 Å². The maximum atomic E-state index is 11.8. The van der Waals surface area contributed by atoms with Gasteiger partial charge in [0.25, 0.3) is 0 Å². The largest absolute Gasteiger partial charge is 0.496 e. The Morgan fingerprint density at radius 1 is 1.10 bits per heavy atom. The second kappa shape index (κ2) is 13.0. The number of halogens is 1. The Bertz CT molecular complexity index is 824. The molecule has 6 nitrogen and oxygen atoms in total. The highest BCUT2D eigenvalue weighted by Crippen LogP contribution is 2.19. The van der Waals surface area contributed by atoms with E-state index < -0.39 is 0 Å². The lowest BCUT2D eigenvalue weighted by molar-refractivity contribution is -0.116. The summed E-state index contributed by atoms with van der Waals surface area (Å²) in [5.74, 6) is 1.60. The summed E-state index contributed by atoms with van der Waals surface area (Å²) < 4.78 is 5.45. The van der Waals surface area contributed by atoms with Gasteiger partial charge in [-0.05, 0) is 42.7 Å². The summed E-state index contributed by atoms with van der Waals surface area (Å²) in [5.41, 5.74) is 4.10. The summed E-state index contributed by atoms with van der Waals surface area (Å²) in [4.78, 5) is 16.0. The number of anilines is 1. The second-order valence-electron chi connectivity index (χ2n) is 6.59. The van der Waals surface area contributed by atoms with Crippen LogP contribution in [0, 0.1) is 6.92 Å². The molecule has 0 heterocycles. The molecule has 0 aliphatic heterocycles. The lowest BCUT2D eigenvalue weighted by Crippen LogP contribution is -2.36. The Morgan fingerprint density at radius 3 is 2.55 bits per heavy atom. The minimum atomic E-state index is 0. The Balaban J connectivity index is 0.00000420. The quantitative estimate of drug-likeness (QED) is 0.283. The van der Waals surface area contributed by atoms with Crippen molar-refractivity contribution in [1.82, 2.24) is 10.6 Å². The third kappa shape index (κ3) is 8.31. The predicted octanol–water partition coefficient (Wildman–Crippen LogP) is 4.23. The molecule has 2 aromatic rings. The minimum absolute atomic E-state index is 0. The number of rotatable bonds is 8. The molecule has 0 unspecified atom stereocenters. The molecule has 2 rings (SSSR count). The van der Waals surface area contributed by atoms with E-state index in [1.165, 1.54) is 0 Å². The Morgan fingerprint density at radius 2 is 1.86 bits per heavy atom. The van der Waals surface area contributed by atoms with Gasteiger partial charge < -0.3 is 20.7 Å². The number of nitrogens with zero attached hydrogens (tertiary/aromatic N) is 1. The zero-order valence-corrected chi connectivity index (χ0v) is 19.9. The van der Waals surface area contributed by atoms with Gasteiger partial charge in [-0.1, -0.05) is 31.2 Å². The van der Waals surface area contributed by atoms with Gasteiger partial charge >= 0.3 is 0 Å². The lowest BCUT2D eigenvalue weighted by Gasteiger charge is -2.14. The molecule has 0 atom stereocenters. The number of aliphatic imine (C=N–C) groups is 1. The molecule has 0 fully saturated rings. The zero-order valence-electron chi connectivity index (χ0n) is 17.5. The molecule has 0 aliphatic carbocycles. The van der Waals surface area contributed by atoms with Crippen LogP contribution in [0.2, 0.25) is 0 Å². The van der Waals surface area contributed by atoms with Gasteiger partial charge in [0.05, 0.1) is 7.11 Å². The molecule has 158 valence electrons. The Hall–Kier alpha value is -2.29. The number of nitrogens with one attached hydrogen (secondary N) is 3. The molecule has 0 radical (unpaired) electrons. The van der Waals surface area contributed by atoms with E-state index in [0.29, 0.717) is 25.5 Å². The molecule has 0 bridgehead atoms. The highest BCUT2D eigenvalue weighted by Gasteiger charge is 2.06. The van der Waals surface area contributed by atoms with E-state index >= 15 is 0 Å². The van der Waals surface area contributed by atoms with Crippen molar-refractivity contribution in [2.45, 2.75) is 39.8 Å². The number of hydrogen-bond acceptors (Lipinski definition) is 3. The highest BCUT2D eigenvalue weighted by molar-refractivity contribution is 14.0. The summed E-state index contributed by atoms with van der Waals surface area (Å²) in [6.07, 6.45) is 1.36. The van der Waals surface area contributed by atoms with E-state index in [-0.39, 0.29) is 29.9 Å². The van der Waals surface area contributed by atoms with Gasteiger partial charge in [-0.25, -0.2) is 0 Å². The minimum Gasteiger partial charge on any atom is -0.496 e. The number of carbonyl (C=O) groups excluding carboxylic acids is 1. The fourth-order valence-corrected chi connectivity index (χ4v) is 2.79. The average molecular weight is 510 g/mol. The van der Waals surface area contributed by atoms with Gasteiger partial charge in [0.2, 0.25) is 5.91 Å². The van der Waals surface area contributed by atoms with E-state index in [1.807, 2.05) is 44.2 Å². The van der Waals surface area contributed by atoms with Crippen molar-refractivity contribution in [3.05, 3.63) is 59.2 Å². The Kier molecular flexibility index (Phi) is 11.1. The van der Waals surface area contributed by atoms with E-state index in [2.05, 4.69) is 33.1 Å². The molecule has 0 saturated carbocycles. The molecule has 0 saturated heterocycles. The number of methoxy groups -OCH3 is 1. The smallest absolute Gasteiger partial charge is 0.224 e. The first kappa shape index (κ1) is 24.7. The van der Waals surface area contributed by atoms with Crippen molar-refractivity contribution in [1.29, 1.82) is 0 Å². The summed E-state index contributed by atoms with van der Waals surface area (Å²) in [6.45, 7) is 5.24. The number of amides is 1. The first-order valence-corrected chi connectivity index (χ1v) is 9.52. The van der Waals surface area contributed by atoms with E-state index in [9.17, 15) is 4.79 Å². The van der Waals surface area contributed by atoms with Crippen LogP contribution in [0.1, 0.15) is 36.5 Å². The lowest BCUT2D eigenvalue weighted by atomic mass is 10.1. The van der Waals surface area contributed by atoms with Crippen LogP contribution >= 0.6 is 24.0 Å². The van der Waals surface area contributed by atoms with Crippen molar-refractivity contribution in [2.24, 2.45) is 4.99 Å². The number of carbonyl (C=O) groups is 1. The van der Waals surface area contributed by atoms with Crippen LogP contribution in [0.25, 0.3) is 0 Å².